The SMILES string of the molecule is Cc1ccc(C(=O)N2CCC(C)C2)cc1C. The van der Waals surface area contributed by atoms with E-state index in [1.165, 1.54) is 11.1 Å². The highest BCUT2D eigenvalue weighted by Gasteiger charge is 2.24. The summed E-state index contributed by atoms with van der Waals surface area (Å²) < 4.78 is 0. The zero-order valence-electron chi connectivity index (χ0n) is 10.3. The van der Waals surface area contributed by atoms with Crippen molar-refractivity contribution in [1.29, 1.82) is 0 Å². The van der Waals surface area contributed by atoms with Gasteiger partial charge < -0.3 is 4.90 Å². The Morgan fingerprint density at radius 1 is 1.31 bits per heavy atom. The van der Waals surface area contributed by atoms with E-state index >= 15 is 0 Å². The minimum Gasteiger partial charge on any atom is -0.338 e. The topological polar surface area (TPSA) is 20.3 Å². The van der Waals surface area contributed by atoms with Gasteiger partial charge in [-0.3, -0.25) is 4.79 Å². The maximum Gasteiger partial charge on any atom is 0.253 e. The normalized spacial score (nSPS) is 20.2. The number of hydrogen-bond acceptors (Lipinski definition) is 1. The lowest BCUT2D eigenvalue weighted by Gasteiger charge is -2.16. The molecule has 0 radical (unpaired) electrons. The van der Waals surface area contributed by atoms with Crippen molar-refractivity contribution in [3.63, 3.8) is 0 Å². The molecule has 1 unspecified atom stereocenters. The number of carbonyl (C=O) groups is 1. The third-order valence-corrected chi connectivity index (χ3v) is 3.46. The molecule has 0 spiro atoms. The fourth-order valence-electron chi connectivity index (χ4n) is 2.18. The number of carbonyl (C=O) groups excluding carboxylic acids is 1. The summed E-state index contributed by atoms with van der Waals surface area (Å²) in [4.78, 5) is 14.1. The second-order valence-electron chi connectivity index (χ2n) is 4.94. The highest BCUT2D eigenvalue weighted by atomic mass is 16.2. The third kappa shape index (κ3) is 2.11. The van der Waals surface area contributed by atoms with Crippen LogP contribution in [0, 0.1) is 19.8 Å². The Balaban J connectivity index is 2.18. The molecule has 2 heteroatoms. The van der Waals surface area contributed by atoms with Crippen molar-refractivity contribution in [1.82, 2.24) is 4.90 Å². The molecule has 0 N–H and O–H groups in total. The smallest absolute Gasteiger partial charge is 0.253 e. The predicted molar refractivity (Wildman–Crippen MR) is 65.6 cm³/mol. The van der Waals surface area contributed by atoms with Gasteiger partial charge in [0.05, 0.1) is 0 Å². The van der Waals surface area contributed by atoms with Crippen LogP contribution in [0.5, 0.6) is 0 Å². The van der Waals surface area contributed by atoms with E-state index in [1.54, 1.807) is 0 Å². The number of benzene rings is 1. The van der Waals surface area contributed by atoms with Crippen molar-refractivity contribution in [2.24, 2.45) is 5.92 Å². The zero-order chi connectivity index (χ0) is 11.7. The molecule has 1 fully saturated rings. The Hall–Kier alpha value is -1.31. The molecule has 1 aromatic rings. The first-order chi connectivity index (χ1) is 7.58. The Morgan fingerprint density at radius 3 is 2.62 bits per heavy atom. The highest BCUT2D eigenvalue weighted by molar-refractivity contribution is 5.94. The first kappa shape index (κ1) is 11.2. The average Bonchev–Trinajstić information content (AvgIpc) is 2.68. The van der Waals surface area contributed by atoms with E-state index in [1.807, 2.05) is 23.1 Å². The summed E-state index contributed by atoms with van der Waals surface area (Å²) >= 11 is 0. The summed E-state index contributed by atoms with van der Waals surface area (Å²) in [5.41, 5.74) is 3.27. The van der Waals surface area contributed by atoms with E-state index in [2.05, 4.69) is 20.8 Å². The van der Waals surface area contributed by atoms with E-state index in [4.69, 9.17) is 0 Å². The van der Waals surface area contributed by atoms with E-state index in [0.29, 0.717) is 5.92 Å². The molecule has 16 heavy (non-hydrogen) atoms. The summed E-state index contributed by atoms with van der Waals surface area (Å²) in [6.07, 6.45) is 1.14. The van der Waals surface area contributed by atoms with Gasteiger partial charge in [0.25, 0.3) is 5.91 Å². The van der Waals surface area contributed by atoms with E-state index < -0.39 is 0 Å². The van der Waals surface area contributed by atoms with Crippen LogP contribution in [0.15, 0.2) is 18.2 Å². The monoisotopic (exact) mass is 217 g/mol. The van der Waals surface area contributed by atoms with E-state index in [-0.39, 0.29) is 5.91 Å². The molecule has 0 aromatic heterocycles. The van der Waals surface area contributed by atoms with Crippen molar-refractivity contribution in [3.05, 3.63) is 34.9 Å². The predicted octanol–water partition coefficient (Wildman–Crippen LogP) is 2.79. The molecule has 1 aliphatic rings. The lowest BCUT2D eigenvalue weighted by Crippen LogP contribution is -2.28. The second kappa shape index (κ2) is 4.28. The molecule has 86 valence electrons. The number of amides is 1. The zero-order valence-corrected chi connectivity index (χ0v) is 10.3. The fourth-order valence-corrected chi connectivity index (χ4v) is 2.18. The maximum atomic E-state index is 12.2. The molecular weight excluding hydrogens is 198 g/mol. The first-order valence-electron chi connectivity index (χ1n) is 5.94. The Morgan fingerprint density at radius 2 is 2.06 bits per heavy atom. The standard InChI is InChI=1S/C14H19NO/c1-10-6-7-15(9-10)14(16)13-5-4-11(2)12(3)8-13/h4-5,8,10H,6-7,9H2,1-3H3. The van der Waals surface area contributed by atoms with Crippen LogP contribution in [0.2, 0.25) is 0 Å². The minimum absolute atomic E-state index is 0.187. The number of likely N-dealkylation sites (tertiary alicyclic amines) is 1. The van der Waals surface area contributed by atoms with Crippen molar-refractivity contribution in [3.8, 4) is 0 Å². The molecule has 1 heterocycles. The summed E-state index contributed by atoms with van der Waals surface area (Å²) in [6, 6.07) is 5.97. The summed E-state index contributed by atoms with van der Waals surface area (Å²) in [7, 11) is 0. The van der Waals surface area contributed by atoms with Crippen molar-refractivity contribution < 1.29 is 4.79 Å². The summed E-state index contributed by atoms with van der Waals surface area (Å²) in [5.74, 6) is 0.836. The van der Waals surface area contributed by atoms with Gasteiger partial charge in [0, 0.05) is 18.7 Å². The van der Waals surface area contributed by atoms with E-state index in [9.17, 15) is 4.79 Å². The molecule has 0 aliphatic carbocycles. The van der Waals surface area contributed by atoms with Crippen LogP contribution in [0.4, 0.5) is 0 Å². The van der Waals surface area contributed by atoms with Gasteiger partial charge in [-0.05, 0) is 49.4 Å². The Kier molecular flexibility index (Phi) is 2.99. The van der Waals surface area contributed by atoms with Gasteiger partial charge >= 0.3 is 0 Å². The van der Waals surface area contributed by atoms with Crippen LogP contribution in [-0.2, 0) is 0 Å². The molecular formula is C14H19NO. The van der Waals surface area contributed by atoms with Gasteiger partial charge in [0.1, 0.15) is 0 Å². The molecule has 2 nitrogen and oxygen atoms in total. The van der Waals surface area contributed by atoms with Crippen LogP contribution >= 0.6 is 0 Å². The lowest BCUT2D eigenvalue weighted by atomic mass is 10.1. The van der Waals surface area contributed by atoms with Crippen molar-refractivity contribution >= 4 is 5.91 Å². The van der Waals surface area contributed by atoms with Gasteiger partial charge in [-0.15, -0.1) is 0 Å². The highest BCUT2D eigenvalue weighted by Crippen LogP contribution is 2.19. The fraction of sp³-hybridized carbons (Fsp3) is 0.500. The second-order valence-corrected chi connectivity index (χ2v) is 4.94. The third-order valence-electron chi connectivity index (χ3n) is 3.46. The average molecular weight is 217 g/mol. The quantitative estimate of drug-likeness (QED) is 0.708. The van der Waals surface area contributed by atoms with Gasteiger partial charge in [0.15, 0.2) is 0 Å². The Bertz CT molecular complexity index is 411. The summed E-state index contributed by atoms with van der Waals surface area (Å²) in [5, 5.41) is 0. The largest absolute Gasteiger partial charge is 0.338 e. The number of rotatable bonds is 1. The molecule has 1 atom stereocenters. The maximum absolute atomic E-state index is 12.2. The van der Waals surface area contributed by atoms with Gasteiger partial charge in [0.2, 0.25) is 0 Å². The number of nitrogens with zero attached hydrogens (tertiary/aromatic N) is 1. The van der Waals surface area contributed by atoms with Gasteiger partial charge in [-0.25, -0.2) is 0 Å². The van der Waals surface area contributed by atoms with Crippen molar-refractivity contribution in [2.45, 2.75) is 27.2 Å². The molecule has 2 rings (SSSR count). The molecule has 0 saturated carbocycles. The molecule has 1 aromatic carbocycles. The van der Waals surface area contributed by atoms with Gasteiger partial charge in [-0.1, -0.05) is 13.0 Å². The van der Waals surface area contributed by atoms with Crippen LogP contribution in [0.25, 0.3) is 0 Å². The van der Waals surface area contributed by atoms with Crippen molar-refractivity contribution in [2.75, 3.05) is 13.1 Å². The van der Waals surface area contributed by atoms with Crippen LogP contribution < -0.4 is 0 Å². The number of hydrogen-bond donors (Lipinski definition) is 0. The Labute approximate surface area is 97.3 Å². The minimum atomic E-state index is 0.187. The molecule has 1 saturated heterocycles. The first-order valence-corrected chi connectivity index (χ1v) is 5.94. The molecule has 0 bridgehead atoms. The van der Waals surface area contributed by atoms with E-state index in [0.717, 1.165) is 25.1 Å². The molecule has 1 amide bonds. The lowest BCUT2D eigenvalue weighted by molar-refractivity contribution is 0.0788. The number of aryl methyl sites for hydroxylation is 2. The molecule has 1 aliphatic heterocycles. The van der Waals surface area contributed by atoms with Crippen LogP contribution in [0.1, 0.15) is 34.8 Å². The van der Waals surface area contributed by atoms with Crippen LogP contribution in [0.3, 0.4) is 0 Å². The van der Waals surface area contributed by atoms with Crippen LogP contribution in [-0.4, -0.2) is 23.9 Å². The summed E-state index contributed by atoms with van der Waals surface area (Å²) in [6.45, 7) is 8.15. The van der Waals surface area contributed by atoms with Gasteiger partial charge in [-0.2, -0.15) is 0 Å².